The van der Waals surface area contributed by atoms with Crippen molar-refractivity contribution < 1.29 is 17.9 Å². The molecule has 0 aliphatic heterocycles. The molecule has 0 radical (unpaired) electrons. The molecule has 0 saturated heterocycles. The van der Waals surface area contributed by atoms with Crippen LogP contribution in [0, 0.1) is 0 Å². The molecule has 4 rings (SSSR count). The molecule has 4 aromatic rings. The number of nitrogens with zero attached hydrogens (tertiary/aromatic N) is 1. The van der Waals surface area contributed by atoms with Gasteiger partial charge in [-0.1, -0.05) is 78.9 Å². The second kappa shape index (κ2) is 11.2. The zero-order valence-electron chi connectivity index (χ0n) is 18.4. The van der Waals surface area contributed by atoms with Crippen LogP contribution in [-0.2, 0) is 23.2 Å². The van der Waals surface area contributed by atoms with Gasteiger partial charge in [-0.2, -0.15) is 13.5 Å². The van der Waals surface area contributed by atoms with Gasteiger partial charge in [-0.05, 0) is 47.0 Å². The van der Waals surface area contributed by atoms with Crippen molar-refractivity contribution in [2.45, 2.75) is 18.1 Å². The number of sulfonamides is 1. The molecule has 0 atom stereocenters. The van der Waals surface area contributed by atoms with Gasteiger partial charge in [0.2, 0.25) is 0 Å². The van der Waals surface area contributed by atoms with Gasteiger partial charge in [0.15, 0.2) is 11.5 Å². The standard InChI is InChI=1S/C27H24N2O4S/c30-34(31,25-14-8-3-9-15-25)29-28-19-24-16-17-26(32-20-22-10-4-1-5-11-22)27(18-24)33-21-23-12-6-2-7-13-23/h1-19,29H,20-21H2. The highest BCUT2D eigenvalue weighted by Gasteiger charge is 2.12. The van der Waals surface area contributed by atoms with Gasteiger partial charge < -0.3 is 9.47 Å². The summed E-state index contributed by atoms with van der Waals surface area (Å²) in [6.07, 6.45) is 1.43. The zero-order chi connectivity index (χ0) is 23.6. The van der Waals surface area contributed by atoms with Gasteiger partial charge >= 0.3 is 0 Å². The molecule has 0 saturated carbocycles. The van der Waals surface area contributed by atoms with Crippen molar-refractivity contribution in [2.75, 3.05) is 0 Å². The van der Waals surface area contributed by atoms with Crippen LogP contribution in [-0.4, -0.2) is 14.6 Å². The van der Waals surface area contributed by atoms with Crippen molar-refractivity contribution >= 4 is 16.2 Å². The third kappa shape index (κ3) is 6.46. The van der Waals surface area contributed by atoms with E-state index in [1.165, 1.54) is 18.3 Å². The number of hydrogen-bond donors (Lipinski definition) is 1. The number of benzene rings is 4. The first-order chi connectivity index (χ1) is 16.6. The van der Waals surface area contributed by atoms with Crippen molar-refractivity contribution in [3.63, 3.8) is 0 Å². The molecule has 0 fully saturated rings. The van der Waals surface area contributed by atoms with Gasteiger partial charge in [-0.3, -0.25) is 0 Å². The molecule has 0 amide bonds. The molecule has 1 N–H and O–H groups in total. The summed E-state index contributed by atoms with van der Waals surface area (Å²) in [5.74, 6) is 1.12. The average Bonchev–Trinajstić information content (AvgIpc) is 2.88. The SMILES string of the molecule is O=S(=O)(NN=Cc1ccc(OCc2ccccc2)c(OCc2ccccc2)c1)c1ccccc1. The molecule has 0 unspecified atom stereocenters. The van der Waals surface area contributed by atoms with Crippen molar-refractivity contribution in [3.05, 3.63) is 126 Å². The molecule has 0 aliphatic carbocycles. The lowest BCUT2D eigenvalue weighted by Crippen LogP contribution is -2.18. The number of ether oxygens (including phenoxy) is 2. The summed E-state index contributed by atoms with van der Waals surface area (Å²) >= 11 is 0. The van der Waals surface area contributed by atoms with E-state index in [0.717, 1.165) is 11.1 Å². The van der Waals surface area contributed by atoms with Crippen LogP contribution in [0.4, 0.5) is 0 Å². The van der Waals surface area contributed by atoms with E-state index < -0.39 is 10.0 Å². The molecule has 0 spiro atoms. The molecule has 7 heteroatoms. The minimum atomic E-state index is -3.74. The summed E-state index contributed by atoms with van der Waals surface area (Å²) in [5, 5.41) is 3.91. The van der Waals surface area contributed by atoms with Crippen LogP contribution < -0.4 is 14.3 Å². The van der Waals surface area contributed by atoms with Crippen LogP contribution in [0.1, 0.15) is 16.7 Å². The first kappa shape index (κ1) is 23.1. The van der Waals surface area contributed by atoms with E-state index in [0.29, 0.717) is 30.3 Å². The summed E-state index contributed by atoms with van der Waals surface area (Å²) in [7, 11) is -3.74. The number of nitrogens with one attached hydrogen (secondary N) is 1. The van der Waals surface area contributed by atoms with E-state index in [1.807, 2.05) is 60.7 Å². The summed E-state index contributed by atoms with van der Waals surface area (Å²) in [4.78, 5) is 2.37. The van der Waals surface area contributed by atoms with Gasteiger partial charge in [0, 0.05) is 0 Å². The molecule has 0 aliphatic rings. The maximum atomic E-state index is 12.4. The van der Waals surface area contributed by atoms with Gasteiger partial charge in [-0.25, -0.2) is 4.83 Å². The Balaban J connectivity index is 1.50. The van der Waals surface area contributed by atoms with Crippen molar-refractivity contribution in [2.24, 2.45) is 5.10 Å². The lowest BCUT2D eigenvalue weighted by Gasteiger charge is -2.14. The summed E-state index contributed by atoms with van der Waals surface area (Å²) in [6, 6.07) is 33.1. The lowest BCUT2D eigenvalue weighted by molar-refractivity contribution is 0.256. The van der Waals surface area contributed by atoms with Crippen LogP contribution in [0.2, 0.25) is 0 Å². The number of rotatable bonds is 10. The Kier molecular flexibility index (Phi) is 7.57. The van der Waals surface area contributed by atoms with E-state index in [9.17, 15) is 8.42 Å². The number of hydrogen-bond acceptors (Lipinski definition) is 5. The highest BCUT2D eigenvalue weighted by atomic mass is 32.2. The molecule has 34 heavy (non-hydrogen) atoms. The topological polar surface area (TPSA) is 77.0 Å². The molecule has 6 nitrogen and oxygen atoms in total. The number of hydrazone groups is 1. The summed E-state index contributed by atoms with van der Waals surface area (Å²) in [6.45, 7) is 0.761. The smallest absolute Gasteiger partial charge is 0.276 e. The highest BCUT2D eigenvalue weighted by molar-refractivity contribution is 7.89. The van der Waals surface area contributed by atoms with Crippen LogP contribution in [0.3, 0.4) is 0 Å². The Hall–Kier alpha value is -4.10. The van der Waals surface area contributed by atoms with E-state index in [4.69, 9.17) is 9.47 Å². The van der Waals surface area contributed by atoms with E-state index in [-0.39, 0.29) is 4.90 Å². The average molecular weight is 473 g/mol. The van der Waals surface area contributed by atoms with Crippen LogP contribution >= 0.6 is 0 Å². The Morgan fingerprint density at radius 3 is 1.79 bits per heavy atom. The predicted molar refractivity (Wildman–Crippen MR) is 132 cm³/mol. The van der Waals surface area contributed by atoms with Gasteiger partial charge in [0.05, 0.1) is 11.1 Å². The fourth-order valence-electron chi connectivity index (χ4n) is 3.13. The Morgan fingerprint density at radius 1 is 0.676 bits per heavy atom. The normalized spacial score (nSPS) is 11.3. The van der Waals surface area contributed by atoms with E-state index in [1.54, 1.807) is 36.4 Å². The van der Waals surface area contributed by atoms with E-state index in [2.05, 4.69) is 9.93 Å². The molecule has 4 aromatic carbocycles. The van der Waals surface area contributed by atoms with Crippen molar-refractivity contribution in [1.29, 1.82) is 0 Å². The highest BCUT2D eigenvalue weighted by Crippen LogP contribution is 2.29. The monoisotopic (exact) mass is 472 g/mol. The Morgan fingerprint density at radius 2 is 1.21 bits per heavy atom. The molecule has 0 heterocycles. The third-order valence-electron chi connectivity index (χ3n) is 4.88. The van der Waals surface area contributed by atoms with Gasteiger partial charge in [-0.15, -0.1) is 0 Å². The largest absolute Gasteiger partial charge is 0.485 e. The summed E-state index contributed by atoms with van der Waals surface area (Å²) in [5.41, 5.74) is 2.72. The maximum Gasteiger partial charge on any atom is 0.276 e. The maximum absolute atomic E-state index is 12.4. The first-order valence-electron chi connectivity index (χ1n) is 10.7. The Labute approximate surface area is 199 Å². The second-order valence-electron chi connectivity index (χ2n) is 7.42. The molecular formula is C27H24N2O4S. The minimum Gasteiger partial charge on any atom is -0.485 e. The molecule has 0 bridgehead atoms. The quantitative estimate of drug-likeness (QED) is 0.256. The van der Waals surface area contributed by atoms with Gasteiger partial charge in [0.25, 0.3) is 10.0 Å². The summed E-state index contributed by atoms with van der Waals surface area (Å²) < 4.78 is 36.8. The fourth-order valence-corrected chi connectivity index (χ4v) is 3.94. The third-order valence-corrected chi connectivity index (χ3v) is 6.12. The predicted octanol–water partition coefficient (Wildman–Crippen LogP) is 5.16. The molecule has 0 aromatic heterocycles. The zero-order valence-corrected chi connectivity index (χ0v) is 19.2. The van der Waals surface area contributed by atoms with Gasteiger partial charge in [0.1, 0.15) is 13.2 Å². The first-order valence-corrected chi connectivity index (χ1v) is 12.2. The Bertz CT molecular complexity index is 1330. The van der Waals surface area contributed by atoms with Crippen LogP contribution in [0.5, 0.6) is 11.5 Å². The minimum absolute atomic E-state index is 0.142. The lowest BCUT2D eigenvalue weighted by atomic mass is 10.2. The second-order valence-corrected chi connectivity index (χ2v) is 9.08. The van der Waals surface area contributed by atoms with E-state index >= 15 is 0 Å². The van der Waals surface area contributed by atoms with Crippen LogP contribution in [0.25, 0.3) is 0 Å². The molecule has 172 valence electrons. The fraction of sp³-hybridized carbons (Fsp3) is 0.0741. The molecular weight excluding hydrogens is 448 g/mol. The van der Waals surface area contributed by atoms with Crippen molar-refractivity contribution in [1.82, 2.24) is 4.83 Å². The van der Waals surface area contributed by atoms with Crippen molar-refractivity contribution in [3.8, 4) is 11.5 Å². The van der Waals surface area contributed by atoms with Crippen LogP contribution in [0.15, 0.2) is 119 Å².